The third-order valence-corrected chi connectivity index (χ3v) is 6.24. The second-order valence-electron chi connectivity index (χ2n) is 6.16. The number of esters is 1. The van der Waals surface area contributed by atoms with E-state index in [0.29, 0.717) is 12.0 Å². The van der Waals surface area contributed by atoms with Gasteiger partial charge in [-0.15, -0.1) is 0 Å². The molecule has 1 aliphatic heterocycles. The zero-order valence-corrected chi connectivity index (χ0v) is 14.7. The van der Waals surface area contributed by atoms with Crippen molar-refractivity contribution in [1.82, 2.24) is 4.90 Å². The van der Waals surface area contributed by atoms with Crippen LogP contribution in [0.2, 0.25) is 0 Å². The van der Waals surface area contributed by atoms with Crippen molar-refractivity contribution >= 4 is 32.5 Å². The number of nitrogens with zero attached hydrogens (tertiary/aromatic N) is 1. The number of likely N-dealkylation sites (N-methyl/N-ethyl adjacent to an activating group) is 1. The van der Waals surface area contributed by atoms with Crippen LogP contribution in [0, 0.1) is 0 Å². The van der Waals surface area contributed by atoms with E-state index in [1.54, 1.807) is 19.2 Å². The molecule has 1 saturated heterocycles. The van der Waals surface area contributed by atoms with Crippen molar-refractivity contribution in [2.75, 3.05) is 25.2 Å². The van der Waals surface area contributed by atoms with Crippen molar-refractivity contribution in [3.05, 3.63) is 48.0 Å². The zero-order chi connectivity index (χ0) is 18.0. The Hall–Kier alpha value is -2.41. The third kappa shape index (κ3) is 3.82. The summed E-state index contributed by atoms with van der Waals surface area (Å²) in [5.41, 5.74) is 0.400. The molecule has 132 valence electrons. The molecule has 7 heteroatoms. The SMILES string of the molecule is CN(C(=O)COC(=O)c1cccc2ccccc12)[C@@H]1CCS(=O)(=O)C1. The molecular weight excluding hydrogens is 342 g/mol. The van der Waals surface area contributed by atoms with Crippen LogP contribution in [0.15, 0.2) is 42.5 Å². The van der Waals surface area contributed by atoms with Crippen LogP contribution in [-0.4, -0.2) is 56.4 Å². The summed E-state index contributed by atoms with van der Waals surface area (Å²) in [6.07, 6.45) is 0.418. The molecule has 1 fully saturated rings. The number of carbonyl (C=O) groups is 2. The van der Waals surface area contributed by atoms with E-state index in [2.05, 4.69) is 0 Å². The van der Waals surface area contributed by atoms with Crippen molar-refractivity contribution in [2.24, 2.45) is 0 Å². The Labute approximate surface area is 146 Å². The Morgan fingerprint density at radius 2 is 1.88 bits per heavy atom. The smallest absolute Gasteiger partial charge is 0.339 e. The number of hydrogen-bond donors (Lipinski definition) is 0. The molecule has 0 aromatic heterocycles. The molecule has 0 unspecified atom stereocenters. The Morgan fingerprint density at radius 3 is 2.60 bits per heavy atom. The summed E-state index contributed by atoms with van der Waals surface area (Å²) in [6.45, 7) is -0.408. The van der Waals surface area contributed by atoms with E-state index in [0.717, 1.165) is 10.8 Å². The van der Waals surface area contributed by atoms with Crippen molar-refractivity contribution in [3.63, 3.8) is 0 Å². The van der Waals surface area contributed by atoms with Crippen LogP contribution in [0.1, 0.15) is 16.8 Å². The van der Waals surface area contributed by atoms with E-state index in [1.807, 2.05) is 30.3 Å². The average molecular weight is 361 g/mol. The maximum atomic E-state index is 12.3. The van der Waals surface area contributed by atoms with Gasteiger partial charge in [0.1, 0.15) is 0 Å². The molecule has 2 aromatic carbocycles. The lowest BCUT2D eigenvalue weighted by molar-refractivity contribution is -0.134. The first-order valence-corrected chi connectivity index (χ1v) is 9.80. The summed E-state index contributed by atoms with van der Waals surface area (Å²) < 4.78 is 28.2. The Bertz CT molecular complexity index is 917. The van der Waals surface area contributed by atoms with Gasteiger partial charge in [-0.3, -0.25) is 4.79 Å². The van der Waals surface area contributed by atoms with Crippen molar-refractivity contribution in [3.8, 4) is 0 Å². The Kier molecular flexibility index (Phi) is 4.76. The fourth-order valence-corrected chi connectivity index (χ4v) is 4.77. The predicted molar refractivity (Wildman–Crippen MR) is 94.1 cm³/mol. The Morgan fingerprint density at radius 1 is 1.16 bits per heavy atom. The largest absolute Gasteiger partial charge is 0.452 e. The van der Waals surface area contributed by atoms with Crippen molar-refractivity contribution < 1.29 is 22.7 Å². The first-order chi connectivity index (χ1) is 11.9. The highest BCUT2D eigenvalue weighted by Crippen LogP contribution is 2.20. The topological polar surface area (TPSA) is 80.8 Å². The summed E-state index contributed by atoms with van der Waals surface area (Å²) in [5, 5.41) is 1.68. The molecule has 0 spiro atoms. The van der Waals surface area contributed by atoms with Crippen LogP contribution in [0.3, 0.4) is 0 Å². The lowest BCUT2D eigenvalue weighted by atomic mass is 10.1. The molecule has 0 aliphatic carbocycles. The van der Waals surface area contributed by atoms with Crippen molar-refractivity contribution in [2.45, 2.75) is 12.5 Å². The van der Waals surface area contributed by atoms with Crippen LogP contribution in [-0.2, 0) is 19.4 Å². The van der Waals surface area contributed by atoms with Crippen LogP contribution in [0.25, 0.3) is 10.8 Å². The molecule has 1 amide bonds. The van der Waals surface area contributed by atoms with Crippen LogP contribution >= 0.6 is 0 Å². The molecule has 3 rings (SSSR count). The van der Waals surface area contributed by atoms with Gasteiger partial charge >= 0.3 is 5.97 Å². The van der Waals surface area contributed by atoms with Gasteiger partial charge in [-0.05, 0) is 23.3 Å². The molecular formula is C18H19NO5S. The molecule has 2 aromatic rings. The second kappa shape index (κ2) is 6.84. The van der Waals surface area contributed by atoms with Gasteiger partial charge in [-0.1, -0.05) is 36.4 Å². The van der Waals surface area contributed by atoms with E-state index >= 15 is 0 Å². The molecule has 0 radical (unpaired) electrons. The highest BCUT2D eigenvalue weighted by atomic mass is 32.2. The molecule has 25 heavy (non-hydrogen) atoms. The highest BCUT2D eigenvalue weighted by molar-refractivity contribution is 7.91. The molecule has 0 saturated carbocycles. The summed E-state index contributed by atoms with van der Waals surface area (Å²) in [5.74, 6) is -0.925. The van der Waals surface area contributed by atoms with E-state index < -0.39 is 28.3 Å². The van der Waals surface area contributed by atoms with Gasteiger partial charge < -0.3 is 9.64 Å². The van der Waals surface area contributed by atoms with Crippen molar-refractivity contribution in [1.29, 1.82) is 0 Å². The molecule has 6 nitrogen and oxygen atoms in total. The molecule has 0 bridgehead atoms. The number of hydrogen-bond acceptors (Lipinski definition) is 5. The summed E-state index contributed by atoms with van der Waals surface area (Å²) in [6, 6.07) is 12.4. The number of carbonyl (C=O) groups excluding carboxylic acids is 2. The van der Waals surface area contributed by atoms with E-state index in [4.69, 9.17) is 4.74 Å². The number of ether oxygens (including phenoxy) is 1. The van der Waals surface area contributed by atoms with Crippen LogP contribution in [0.4, 0.5) is 0 Å². The fourth-order valence-electron chi connectivity index (χ4n) is 2.99. The van der Waals surface area contributed by atoms with Gasteiger partial charge in [0.05, 0.1) is 17.1 Å². The minimum Gasteiger partial charge on any atom is -0.452 e. The first kappa shape index (κ1) is 17.4. The molecule has 1 heterocycles. The fraction of sp³-hybridized carbons (Fsp3) is 0.333. The maximum Gasteiger partial charge on any atom is 0.339 e. The number of fused-ring (bicyclic) bond motifs is 1. The lowest BCUT2D eigenvalue weighted by Gasteiger charge is -2.23. The number of rotatable bonds is 4. The standard InChI is InChI=1S/C18H19NO5S/c1-19(14-9-10-25(22,23)12-14)17(20)11-24-18(21)16-8-4-6-13-5-2-3-7-15(13)16/h2-8,14H,9-12H2,1H3/t14-/m1/s1. The number of amides is 1. The minimum atomic E-state index is -3.07. The van der Waals surface area contributed by atoms with E-state index in [-0.39, 0.29) is 17.5 Å². The molecule has 1 atom stereocenters. The first-order valence-electron chi connectivity index (χ1n) is 7.98. The third-order valence-electron chi connectivity index (χ3n) is 4.49. The Balaban J connectivity index is 1.65. The van der Waals surface area contributed by atoms with Gasteiger partial charge in [0.25, 0.3) is 5.91 Å². The maximum absolute atomic E-state index is 12.3. The minimum absolute atomic E-state index is 0.0352. The van der Waals surface area contributed by atoms with Crippen LogP contribution in [0.5, 0.6) is 0 Å². The van der Waals surface area contributed by atoms with Gasteiger partial charge in [0.2, 0.25) is 0 Å². The van der Waals surface area contributed by atoms with Crippen LogP contribution < -0.4 is 0 Å². The summed E-state index contributed by atoms with van der Waals surface area (Å²) >= 11 is 0. The predicted octanol–water partition coefficient (Wildman–Crippen LogP) is 1.64. The number of sulfone groups is 1. The number of benzene rings is 2. The lowest BCUT2D eigenvalue weighted by Crippen LogP contribution is -2.40. The quantitative estimate of drug-likeness (QED) is 0.774. The van der Waals surface area contributed by atoms with Gasteiger partial charge in [0, 0.05) is 13.1 Å². The molecule has 1 aliphatic rings. The van der Waals surface area contributed by atoms with E-state index in [1.165, 1.54) is 4.90 Å². The summed E-state index contributed by atoms with van der Waals surface area (Å²) in [7, 11) is -1.53. The highest BCUT2D eigenvalue weighted by Gasteiger charge is 2.33. The zero-order valence-electron chi connectivity index (χ0n) is 13.8. The molecule has 0 N–H and O–H groups in total. The average Bonchev–Trinajstić information content (AvgIpc) is 2.98. The van der Waals surface area contributed by atoms with E-state index in [9.17, 15) is 18.0 Å². The van der Waals surface area contributed by atoms with Gasteiger partial charge in [-0.25, -0.2) is 13.2 Å². The van der Waals surface area contributed by atoms with Gasteiger partial charge in [0.15, 0.2) is 16.4 Å². The normalized spacial score (nSPS) is 18.8. The van der Waals surface area contributed by atoms with Gasteiger partial charge in [-0.2, -0.15) is 0 Å². The monoisotopic (exact) mass is 361 g/mol. The summed E-state index contributed by atoms with van der Waals surface area (Å²) in [4.78, 5) is 25.9. The second-order valence-corrected chi connectivity index (χ2v) is 8.39.